The minimum atomic E-state index is 0.637. The third-order valence-corrected chi connectivity index (χ3v) is 1.18. The number of nitrogens with zero attached hydrogens (tertiary/aromatic N) is 1. The van der Waals surface area contributed by atoms with Gasteiger partial charge in [0.05, 0.1) is 5.56 Å². The lowest BCUT2D eigenvalue weighted by atomic mass is 10.1. The zero-order valence-corrected chi connectivity index (χ0v) is 5.18. The third-order valence-electron chi connectivity index (χ3n) is 1.18. The number of hydrogen-bond acceptors (Lipinski definition) is 1. The molecular formula is C8H6N. The van der Waals surface area contributed by atoms with Crippen molar-refractivity contribution in [1.29, 1.82) is 5.26 Å². The van der Waals surface area contributed by atoms with Crippen LogP contribution in [-0.2, 0) is 0 Å². The van der Waals surface area contributed by atoms with E-state index in [1.165, 1.54) is 0 Å². The van der Waals surface area contributed by atoms with Gasteiger partial charge in [0.25, 0.3) is 0 Å². The fourth-order valence-electron chi connectivity index (χ4n) is 0.642. The van der Waals surface area contributed by atoms with Gasteiger partial charge in [0.1, 0.15) is 6.07 Å². The molecule has 1 rings (SSSR count). The van der Waals surface area contributed by atoms with Gasteiger partial charge in [-0.15, -0.1) is 0 Å². The number of hydrogen-bond donors (Lipinski definition) is 0. The predicted molar refractivity (Wildman–Crippen MR) is 34.7 cm³/mol. The van der Waals surface area contributed by atoms with E-state index < -0.39 is 0 Å². The van der Waals surface area contributed by atoms with Crippen molar-refractivity contribution in [2.24, 2.45) is 0 Å². The van der Waals surface area contributed by atoms with Crippen LogP contribution in [0.15, 0.2) is 18.2 Å². The molecule has 9 heavy (non-hydrogen) atoms. The van der Waals surface area contributed by atoms with Crippen molar-refractivity contribution in [2.45, 2.75) is 6.92 Å². The second-order valence-electron chi connectivity index (χ2n) is 1.84. The van der Waals surface area contributed by atoms with Gasteiger partial charge in [-0.2, -0.15) is 5.26 Å². The molecule has 0 unspecified atom stereocenters. The number of aryl methyl sites for hydroxylation is 1. The van der Waals surface area contributed by atoms with Crippen molar-refractivity contribution < 1.29 is 0 Å². The van der Waals surface area contributed by atoms with E-state index in [1.54, 1.807) is 6.07 Å². The zero-order chi connectivity index (χ0) is 6.69. The van der Waals surface area contributed by atoms with Crippen molar-refractivity contribution in [2.75, 3.05) is 0 Å². The van der Waals surface area contributed by atoms with Gasteiger partial charge in [0.15, 0.2) is 0 Å². The van der Waals surface area contributed by atoms with E-state index in [9.17, 15) is 0 Å². The Hall–Kier alpha value is -1.29. The van der Waals surface area contributed by atoms with Gasteiger partial charge in [0, 0.05) is 6.07 Å². The maximum absolute atomic E-state index is 8.44. The lowest BCUT2D eigenvalue weighted by Crippen LogP contribution is -1.78. The topological polar surface area (TPSA) is 23.8 Å². The molecule has 1 heteroatoms. The maximum atomic E-state index is 8.44. The molecule has 0 aliphatic rings. The molecule has 1 nitrogen and oxygen atoms in total. The fourth-order valence-corrected chi connectivity index (χ4v) is 0.642. The number of nitriles is 1. The van der Waals surface area contributed by atoms with E-state index in [0.29, 0.717) is 5.56 Å². The van der Waals surface area contributed by atoms with Gasteiger partial charge in [-0.3, -0.25) is 0 Å². The molecule has 0 aliphatic carbocycles. The molecule has 1 aromatic rings. The smallest absolute Gasteiger partial charge is 0.100 e. The minimum Gasteiger partial charge on any atom is -0.192 e. The van der Waals surface area contributed by atoms with E-state index in [4.69, 9.17) is 5.26 Å². The molecule has 0 aromatic heterocycles. The van der Waals surface area contributed by atoms with Crippen LogP contribution in [0.1, 0.15) is 11.1 Å². The minimum absolute atomic E-state index is 0.637. The summed E-state index contributed by atoms with van der Waals surface area (Å²) in [5.74, 6) is 0. The van der Waals surface area contributed by atoms with Crippen molar-refractivity contribution in [3.8, 4) is 6.07 Å². The summed E-state index contributed by atoms with van der Waals surface area (Å²) in [5, 5.41) is 8.44. The van der Waals surface area contributed by atoms with Crippen LogP contribution in [0.25, 0.3) is 0 Å². The first-order valence-corrected chi connectivity index (χ1v) is 2.72. The lowest BCUT2D eigenvalue weighted by Gasteiger charge is -1.90. The average Bonchev–Trinajstić information content (AvgIpc) is 1.89. The average molecular weight is 116 g/mol. The largest absolute Gasteiger partial charge is 0.192 e. The predicted octanol–water partition coefficient (Wildman–Crippen LogP) is 1.67. The van der Waals surface area contributed by atoms with Crippen molar-refractivity contribution in [3.63, 3.8) is 0 Å². The lowest BCUT2D eigenvalue weighted by molar-refractivity contribution is 1.39. The summed E-state index contributed by atoms with van der Waals surface area (Å²) in [5.41, 5.74) is 1.62. The molecule has 0 spiro atoms. The Kier molecular flexibility index (Phi) is 1.51. The van der Waals surface area contributed by atoms with Gasteiger partial charge >= 0.3 is 0 Å². The summed E-state index contributed by atoms with van der Waals surface area (Å²) >= 11 is 0. The summed E-state index contributed by atoms with van der Waals surface area (Å²) in [7, 11) is 0. The van der Waals surface area contributed by atoms with Crippen molar-refractivity contribution >= 4 is 0 Å². The first-order valence-electron chi connectivity index (χ1n) is 2.72. The van der Waals surface area contributed by atoms with Crippen LogP contribution in [0.4, 0.5) is 0 Å². The van der Waals surface area contributed by atoms with Crippen molar-refractivity contribution in [1.82, 2.24) is 0 Å². The highest BCUT2D eigenvalue weighted by atomic mass is 14.2. The van der Waals surface area contributed by atoms with Crippen LogP contribution in [0, 0.1) is 24.3 Å². The van der Waals surface area contributed by atoms with Gasteiger partial charge < -0.3 is 0 Å². The summed E-state index contributed by atoms with van der Waals surface area (Å²) in [6.45, 7) is 1.90. The van der Waals surface area contributed by atoms with Crippen molar-refractivity contribution in [3.05, 3.63) is 35.4 Å². The van der Waals surface area contributed by atoms with Crippen LogP contribution in [0.5, 0.6) is 0 Å². The summed E-state index contributed by atoms with van der Waals surface area (Å²) in [6.07, 6.45) is 0. The highest BCUT2D eigenvalue weighted by molar-refractivity contribution is 5.34. The van der Waals surface area contributed by atoms with Crippen LogP contribution in [-0.4, -0.2) is 0 Å². The molecule has 43 valence electrons. The molecule has 0 bridgehead atoms. The Morgan fingerprint density at radius 3 is 2.89 bits per heavy atom. The zero-order valence-electron chi connectivity index (χ0n) is 5.18. The van der Waals surface area contributed by atoms with Gasteiger partial charge in [0.2, 0.25) is 0 Å². The van der Waals surface area contributed by atoms with E-state index in [-0.39, 0.29) is 0 Å². The SMILES string of the molecule is Cc1ccc[c]c1C#N. The first-order chi connectivity index (χ1) is 4.34. The Morgan fingerprint density at radius 2 is 2.44 bits per heavy atom. The molecule has 0 aliphatic heterocycles. The molecule has 0 N–H and O–H groups in total. The third kappa shape index (κ3) is 1.09. The Bertz CT molecular complexity index is 245. The van der Waals surface area contributed by atoms with E-state index in [1.807, 2.05) is 25.1 Å². The standard InChI is InChI=1S/C8H6N/c1-7-4-2-3-5-8(7)6-9/h2-4H,1H3. The van der Waals surface area contributed by atoms with Gasteiger partial charge in [-0.05, 0) is 12.5 Å². The second kappa shape index (κ2) is 2.32. The van der Waals surface area contributed by atoms with E-state index in [2.05, 4.69) is 6.07 Å². The van der Waals surface area contributed by atoms with Crippen LogP contribution in [0.2, 0.25) is 0 Å². The van der Waals surface area contributed by atoms with E-state index >= 15 is 0 Å². The number of benzene rings is 1. The molecule has 1 aromatic carbocycles. The van der Waals surface area contributed by atoms with E-state index in [0.717, 1.165) is 5.56 Å². The first kappa shape index (κ1) is 5.84. The molecule has 1 radical (unpaired) electrons. The summed E-state index contributed by atoms with van der Waals surface area (Å²) < 4.78 is 0. The van der Waals surface area contributed by atoms with Gasteiger partial charge in [-0.25, -0.2) is 0 Å². The Labute approximate surface area is 54.6 Å². The Morgan fingerprint density at radius 1 is 1.67 bits per heavy atom. The van der Waals surface area contributed by atoms with Gasteiger partial charge in [-0.1, -0.05) is 18.2 Å². The Balaban J connectivity index is 3.20. The molecule has 0 amide bonds. The summed E-state index contributed by atoms with van der Waals surface area (Å²) in [6, 6.07) is 10.4. The maximum Gasteiger partial charge on any atom is 0.100 e. The highest BCUT2D eigenvalue weighted by Gasteiger charge is 1.90. The fraction of sp³-hybridized carbons (Fsp3) is 0.125. The monoisotopic (exact) mass is 116 g/mol. The molecule has 0 heterocycles. The van der Waals surface area contributed by atoms with Crippen LogP contribution in [0.3, 0.4) is 0 Å². The number of rotatable bonds is 0. The van der Waals surface area contributed by atoms with Crippen LogP contribution < -0.4 is 0 Å². The molecule has 0 saturated carbocycles. The molecule has 0 saturated heterocycles. The van der Waals surface area contributed by atoms with Crippen LogP contribution >= 0.6 is 0 Å². The summed E-state index contributed by atoms with van der Waals surface area (Å²) in [4.78, 5) is 0. The molecule has 0 atom stereocenters. The molecular weight excluding hydrogens is 110 g/mol. The highest BCUT2D eigenvalue weighted by Crippen LogP contribution is 2.02. The molecule has 0 fully saturated rings. The quantitative estimate of drug-likeness (QED) is 0.505. The normalized spacial score (nSPS) is 8.44. The second-order valence-corrected chi connectivity index (χ2v) is 1.84.